The van der Waals surface area contributed by atoms with Gasteiger partial charge in [0.2, 0.25) is 5.88 Å². The minimum absolute atomic E-state index is 0.00140. The van der Waals surface area contributed by atoms with Crippen LogP contribution in [0, 0.1) is 11.3 Å². The fourth-order valence-corrected chi connectivity index (χ4v) is 5.92. The monoisotopic (exact) mass is 650 g/mol. The molecule has 47 heavy (non-hydrogen) atoms. The summed E-state index contributed by atoms with van der Waals surface area (Å²) in [4.78, 5) is 30.9. The number of piperidine rings is 1. The summed E-state index contributed by atoms with van der Waals surface area (Å²) < 4.78 is 46.4. The summed E-state index contributed by atoms with van der Waals surface area (Å²) in [5.41, 5.74) is 2.00. The van der Waals surface area contributed by atoms with E-state index in [1.54, 1.807) is 19.2 Å². The molecule has 1 aromatic carbocycles. The number of carbonyl (C=O) groups excluding carboxylic acids is 1. The lowest BCUT2D eigenvalue weighted by Gasteiger charge is -2.43. The van der Waals surface area contributed by atoms with Crippen LogP contribution >= 0.6 is 0 Å². The molecule has 2 atom stereocenters. The number of rotatable bonds is 9. The van der Waals surface area contributed by atoms with Crippen LogP contribution in [0.2, 0.25) is 0 Å². The summed E-state index contributed by atoms with van der Waals surface area (Å²) in [5, 5.41) is 22.5. The molecule has 0 saturated carbocycles. The molecular formula is C32H36F2N8O5. The normalized spacial score (nSPS) is 20.6. The molecular weight excluding hydrogens is 614 g/mol. The number of nitrogens with zero attached hydrogens (tertiary/aromatic N) is 7. The van der Waals surface area contributed by atoms with E-state index in [0.717, 1.165) is 50.0 Å². The fourth-order valence-electron chi connectivity index (χ4n) is 5.92. The Labute approximate surface area is 270 Å². The van der Waals surface area contributed by atoms with E-state index in [-0.39, 0.29) is 24.3 Å². The second-order valence-electron chi connectivity index (χ2n) is 11.8. The number of amides is 1. The van der Waals surface area contributed by atoms with Crippen molar-refractivity contribution >= 4 is 23.2 Å². The van der Waals surface area contributed by atoms with E-state index < -0.39 is 30.6 Å². The van der Waals surface area contributed by atoms with E-state index in [1.807, 2.05) is 18.2 Å². The van der Waals surface area contributed by atoms with Crippen LogP contribution in [-0.2, 0) is 9.53 Å². The van der Waals surface area contributed by atoms with Crippen LogP contribution in [0.15, 0.2) is 42.7 Å². The molecule has 15 heteroatoms. The number of ether oxygens (including phenoxy) is 3. The Morgan fingerprint density at radius 2 is 1.91 bits per heavy atom. The average Bonchev–Trinajstić information content (AvgIpc) is 3.05. The van der Waals surface area contributed by atoms with Crippen molar-refractivity contribution in [3.63, 3.8) is 0 Å². The van der Waals surface area contributed by atoms with Crippen molar-refractivity contribution in [2.24, 2.45) is 0 Å². The van der Waals surface area contributed by atoms with E-state index in [4.69, 9.17) is 14.2 Å². The number of hydrogen-bond acceptors (Lipinski definition) is 12. The van der Waals surface area contributed by atoms with Crippen molar-refractivity contribution in [3.05, 3.63) is 48.3 Å². The van der Waals surface area contributed by atoms with Gasteiger partial charge in [-0.25, -0.2) is 18.7 Å². The fraction of sp³-hybridized carbons (Fsp3) is 0.469. The van der Waals surface area contributed by atoms with Crippen LogP contribution in [0.5, 0.6) is 11.6 Å². The third kappa shape index (κ3) is 7.04. The van der Waals surface area contributed by atoms with Gasteiger partial charge >= 0.3 is 5.92 Å². The second-order valence-corrected chi connectivity index (χ2v) is 11.8. The highest BCUT2D eigenvalue weighted by Gasteiger charge is 2.48. The van der Waals surface area contributed by atoms with Crippen LogP contribution in [-0.4, -0.2) is 120 Å². The number of aromatic nitrogens is 3. The molecule has 0 aliphatic carbocycles. The molecule has 3 aliphatic rings. The number of aliphatic hydroxyl groups is 1. The minimum Gasteiger partial charge on any atom is -0.483 e. The Hall–Kier alpha value is -4.65. The number of nitriles is 1. The van der Waals surface area contributed by atoms with Gasteiger partial charge in [0.1, 0.15) is 41.6 Å². The molecule has 3 fully saturated rings. The van der Waals surface area contributed by atoms with Gasteiger partial charge in [-0.05, 0) is 37.3 Å². The van der Waals surface area contributed by atoms with E-state index >= 15 is 0 Å². The van der Waals surface area contributed by atoms with Gasteiger partial charge < -0.3 is 34.4 Å². The molecule has 0 radical (unpaired) electrons. The molecule has 3 aliphatic heterocycles. The zero-order valence-corrected chi connectivity index (χ0v) is 26.1. The quantitative estimate of drug-likeness (QED) is 0.351. The van der Waals surface area contributed by atoms with Crippen molar-refractivity contribution in [1.29, 1.82) is 5.26 Å². The average molecular weight is 651 g/mol. The maximum Gasteiger partial charge on any atom is 0.301 e. The number of anilines is 3. The Morgan fingerprint density at radius 3 is 2.57 bits per heavy atom. The Morgan fingerprint density at radius 1 is 1.13 bits per heavy atom. The minimum atomic E-state index is -3.38. The number of halogens is 2. The smallest absolute Gasteiger partial charge is 0.301 e. The number of pyridine rings is 1. The van der Waals surface area contributed by atoms with E-state index in [0.29, 0.717) is 34.8 Å². The number of methoxy groups -OCH3 is 1. The van der Waals surface area contributed by atoms with Gasteiger partial charge in [0, 0.05) is 50.8 Å². The lowest BCUT2D eigenvalue weighted by Crippen LogP contribution is -2.56. The summed E-state index contributed by atoms with van der Waals surface area (Å²) in [6.45, 7) is 5.56. The summed E-state index contributed by atoms with van der Waals surface area (Å²) >= 11 is 0. The summed E-state index contributed by atoms with van der Waals surface area (Å²) in [7, 11) is 1.59. The second kappa shape index (κ2) is 13.6. The van der Waals surface area contributed by atoms with Crippen molar-refractivity contribution in [3.8, 4) is 29.0 Å². The first-order valence-corrected chi connectivity index (χ1v) is 15.4. The predicted molar refractivity (Wildman–Crippen MR) is 167 cm³/mol. The molecule has 5 heterocycles. The first kappa shape index (κ1) is 32.3. The summed E-state index contributed by atoms with van der Waals surface area (Å²) in [5.74, 6) is -2.69. The standard InChI is InChI=1S/C32H36F2N8O5/c1-20(43)31(44)42-8-7-27(32(33,34)18-42)47-26-5-3-21(13-22(26)15-35)24-14-29(37-19-36-24)38-28-6-4-25(30(39-28)45-2)41-11-9-40(10-12-41)23-16-46-17-23/h3-6,13-14,19-20,23,27,43H,7-12,16-18H2,1-2H3,(H,36,37,38,39)/t20-,27+/m1/s1. The summed E-state index contributed by atoms with van der Waals surface area (Å²) in [6.07, 6.45) is -1.71. The van der Waals surface area contributed by atoms with Crippen LogP contribution in [0.4, 0.5) is 26.1 Å². The van der Waals surface area contributed by atoms with Gasteiger partial charge in [0.05, 0.1) is 44.2 Å². The molecule has 0 spiro atoms. The first-order chi connectivity index (χ1) is 22.6. The third-order valence-corrected chi connectivity index (χ3v) is 8.62. The molecule has 248 valence electrons. The zero-order valence-electron chi connectivity index (χ0n) is 26.1. The van der Waals surface area contributed by atoms with Crippen molar-refractivity contribution in [2.75, 3.05) is 69.8 Å². The first-order valence-electron chi connectivity index (χ1n) is 15.4. The van der Waals surface area contributed by atoms with Gasteiger partial charge in [-0.1, -0.05) is 0 Å². The van der Waals surface area contributed by atoms with Gasteiger partial charge in [0.15, 0.2) is 6.10 Å². The van der Waals surface area contributed by atoms with E-state index in [1.165, 1.54) is 25.4 Å². The molecule has 3 aromatic rings. The van der Waals surface area contributed by atoms with Gasteiger partial charge in [-0.2, -0.15) is 10.2 Å². The van der Waals surface area contributed by atoms with Crippen molar-refractivity contribution in [2.45, 2.75) is 37.5 Å². The molecule has 0 unspecified atom stereocenters. The van der Waals surface area contributed by atoms with Crippen LogP contribution in [0.3, 0.4) is 0 Å². The predicted octanol–water partition coefficient (Wildman–Crippen LogP) is 2.68. The molecule has 6 rings (SSSR count). The molecule has 2 aromatic heterocycles. The maximum absolute atomic E-state index is 14.9. The van der Waals surface area contributed by atoms with Crippen LogP contribution in [0.1, 0.15) is 18.9 Å². The number of benzene rings is 1. The Balaban J connectivity index is 1.12. The highest BCUT2D eigenvalue weighted by atomic mass is 19.3. The largest absolute Gasteiger partial charge is 0.483 e. The van der Waals surface area contributed by atoms with Crippen molar-refractivity contribution in [1.82, 2.24) is 24.8 Å². The number of piperazine rings is 1. The SMILES string of the molecule is COc1nc(Nc2cc(-c3ccc(O[C@H]4CCN(C(=O)[C@@H](C)O)CC4(F)F)c(C#N)c3)ncn2)ccc1N1CCN(C2COC2)CC1. The highest BCUT2D eigenvalue weighted by molar-refractivity contribution is 5.80. The Bertz CT molecular complexity index is 1640. The Kier molecular flexibility index (Phi) is 9.35. The van der Waals surface area contributed by atoms with Crippen molar-refractivity contribution < 1.29 is 32.9 Å². The third-order valence-electron chi connectivity index (χ3n) is 8.62. The number of aliphatic hydroxyl groups excluding tert-OH is 1. The molecule has 1 amide bonds. The number of alkyl halides is 2. The number of hydrogen-bond donors (Lipinski definition) is 2. The number of nitrogens with one attached hydrogen (secondary N) is 1. The van der Waals surface area contributed by atoms with Gasteiger partial charge in [0.25, 0.3) is 5.91 Å². The molecule has 3 saturated heterocycles. The van der Waals surface area contributed by atoms with E-state index in [2.05, 4.69) is 30.1 Å². The summed E-state index contributed by atoms with van der Waals surface area (Å²) in [6, 6.07) is 12.6. The number of carbonyl (C=O) groups is 1. The zero-order chi connectivity index (χ0) is 33.1. The lowest BCUT2D eigenvalue weighted by molar-refractivity contribution is -0.165. The van der Waals surface area contributed by atoms with Gasteiger partial charge in [-0.3, -0.25) is 9.69 Å². The lowest BCUT2D eigenvalue weighted by atomic mass is 10.0. The molecule has 2 N–H and O–H groups in total. The number of likely N-dealkylation sites (tertiary alicyclic amines) is 1. The molecule has 13 nitrogen and oxygen atoms in total. The maximum atomic E-state index is 14.9. The van der Waals surface area contributed by atoms with E-state index in [9.17, 15) is 23.9 Å². The topological polar surface area (TPSA) is 149 Å². The highest BCUT2D eigenvalue weighted by Crippen LogP contribution is 2.35. The van der Waals surface area contributed by atoms with Crippen LogP contribution < -0.4 is 19.7 Å². The van der Waals surface area contributed by atoms with Gasteiger partial charge in [-0.15, -0.1) is 0 Å². The molecule has 0 bridgehead atoms. The van der Waals surface area contributed by atoms with Crippen LogP contribution in [0.25, 0.3) is 11.3 Å².